The number of hydrogen-bond acceptors (Lipinski definition) is 8. The van der Waals surface area contributed by atoms with Crippen LogP contribution in [0.2, 0.25) is 0 Å². The average molecular weight is 500 g/mol. The summed E-state index contributed by atoms with van der Waals surface area (Å²) in [6.07, 6.45) is 1.76. The number of hydrogen-bond donors (Lipinski definition) is 0. The molecule has 180 valence electrons. The van der Waals surface area contributed by atoms with Gasteiger partial charge in [0.1, 0.15) is 12.4 Å². The molecule has 36 heavy (non-hydrogen) atoms. The molecule has 0 spiro atoms. The number of esters is 1. The van der Waals surface area contributed by atoms with Crippen LogP contribution in [-0.4, -0.2) is 27.7 Å². The van der Waals surface area contributed by atoms with Gasteiger partial charge in [0.15, 0.2) is 17.3 Å². The van der Waals surface area contributed by atoms with Crippen LogP contribution in [0.4, 0.5) is 0 Å². The zero-order chi connectivity index (χ0) is 25.1. The highest BCUT2D eigenvalue weighted by molar-refractivity contribution is 7.15. The molecule has 8 nitrogen and oxygen atoms in total. The van der Waals surface area contributed by atoms with Crippen LogP contribution in [-0.2, 0) is 11.4 Å². The summed E-state index contributed by atoms with van der Waals surface area (Å²) in [6, 6.07) is 22.3. The Morgan fingerprint density at radius 2 is 1.78 bits per heavy atom. The summed E-state index contributed by atoms with van der Waals surface area (Å²) >= 11 is 1.22. The Morgan fingerprint density at radius 1 is 1.00 bits per heavy atom. The summed E-state index contributed by atoms with van der Waals surface area (Å²) in [5.74, 6) is 1.37. The summed E-state index contributed by atoms with van der Waals surface area (Å²) < 4.78 is 18.4. The first-order valence-electron chi connectivity index (χ1n) is 11.1. The number of nitrogens with zero attached hydrogens (tertiary/aromatic N) is 3. The van der Waals surface area contributed by atoms with Gasteiger partial charge in [-0.05, 0) is 41.5 Å². The van der Waals surface area contributed by atoms with E-state index in [4.69, 9.17) is 14.2 Å². The number of fused-ring (bicyclic) bond motifs is 1. The van der Waals surface area contributed by atoms with Gasteiger partial charge >= 0.3 is 5.97 Å². The molecule has 5 aromatic rings. The van der Waals surface area contributed by atoms with E-state index in [-0.39, 0.29) is 5.56 Å². The summed E-state index contributed by atoms with van der Waals surface area (Å²) in [4.78, 5) is 29.4. The highest BCUT2D eigenvalue weighted by atomic mass is 32.1. The van der Waals surface area contributed by atoms with E-state index in [0.717, 1.165) is 11.1 Å². The van der Waals surface area contributed by atoms with Crippen LogP contribution >= 0.6 is 11.3 Å². The van der Waals surface area contributed by atoms with E-state index >= 15 is 0 Å². The minimum absolute atomic E-state index is 0.290. The second-order valence-electron chi connectivity index (χ2n) is 7.82. The van der Waals surface area contributed by atoms with Gasteiger partial charge in [0.2, 0.25) is 4.96 Å². The van der Waals surface area contributed by atoms with Crippen LogP contribution < -0.4 is 24.3 Å². The van der Waals surface area contributed by atoms with Crippen molar-refractivity contribution in [1.82, 2.24) is 14.6 Å². The third kappa shape index (κ3) is 4.82. The zero-order valence-corrected chi connectivity index (χ0v) is 20.3. The number of rotatable bonds is 7. The Morgan fingerprint density at radius 3 is 2.53 bits per heavy atom. The maximum Gasteiger partial charge on any atom is 0.308 e. The van der Waals surface area contributed by atoms with Crippen LogP contribution in [0, 0.1) is 0 Å². The quantitative estimate of drug-likeness (QED) is 0.248. The maximum atomic E-state index is 13.0. The molecule has 9 heteroatoms. The lowest BCUT2D eigenvalue weighted by atomic mass is 10.2. The minimum atomic E-state index is -0.447. The first-order chi connectivity index (χ1) is 17.5. The fourth-order valence-electron chi connectivity index (χ4n) is 3.62. The van der Waals surface area contributed by atoms with Gasteiger partial charge in [-0.1, -0.05) is 59.9 Å². The van der Waals surface area contributed by atoms with Crippen LogP contribution in [0.3, 0.4) is 0 Å². The molecule has 0 aliphatic carbocycles. The van der Waals surface area contributed by atoms with Crippen LogP contribution in [0.5, 0.6) is 17.2 Å². The number of carbonyl (C=O) groups is 1. The lowest BCUT2D eigenvalue weighted by Gasteiger charge is -2.11. The van der Waals surface area contributed by atoms with Crippen molar-refractivity contribution in [3.05, 3.63) is 98.8 Å². The number of ether oxygens (including phenoxy) is 3. The van der Waals surface area contributed by atoms with Crippen molar-refractivity contribution in [2.45, 2.75) is 13.5 Å². The van der Waals surface area contributed by atoms with E-state index in [9.17, 15) is 9.59 Å². The summed E-state index contributed by atoms with van der Waals surface area (Å²) in [5, 5.41) is 4.36. The molecular formula is C27H21N3O5S. The molecule has 0 radical (unpaired) electrons. The molecular weight excluding hydrogens is 478 g/mol. The third-order valence-electron chi connectivity index (χ3n) is 5.29. The van der Waals surface area contributed by atoms with Gasteiger partial charge in [-0.15, -0.1) is 5.10 Å². The van der Waals surface area contributed by atoms with E-state index in [1.54, 1.807) is 37.5 Å². The van der Waals surface area contributed by atoms with Gasteiger partial charge < -0.3 is 14.2 Å². The van der Waals surface area contributed by atoms with E-state index in [1.165, 1.54) is 22.8 Å². The Labute approximate surface area is 210 Å². The van der Waals surface area contributed by atoms with Crippen LogP contribution in [0.25, 0.3) is 22.4 Å². The fourth-order valence-corrected chi connectivity index (χ4v) is 4.53. The summed E-state index contributed by atoms with van der Waals surface area (Å²) in [7, 11) is 1.58. The molecule has 0 atom stereocenters. The lowest BCUT2D eigenvalue weighted by molar-refractivity contribution is -0.131. The second kappa shape index (κ2) is 10.0. The fraction of sp³-hybridized carbons (Fsp3) is 0.111. The number of thiazole rings is 1. The van der Waals surface area contributed by atoms with Gasteiger partial charge in [0.05, 0.1) is 17.2 Å². The van der Waals surface area contributed by atoms with Crippen LogP contribution in [0.15, 0.2) is 77.6 Å². The molecule has 3 aromatic carbocycles. The molecule has 0 aliphatic rings. The standard InChI is InChI=1S/C27H21N3O5S/c1-17(31)35-21-11-7-6-10-20(21)25-28-27-30(29-25)26(32)24(36-27)15-19-12-13-22(23(14-19)33-2)34-16-18-8-4-3-5-9-18/h3-15H,16H2,1-2H3. The first kappa shape index (κ1) is 23.3. The van der Waals surface area contributed by atoms with Gasteiger partial charge in [0, 0.05) is 6.92 Å². The van der Waals surface area contributed by atoms with Gasteiger partial charge in [-0.25, -0.2) is 0 Å². The Hall–Kier alpha value is -4.50. The SMILES string of the molecule is COc1cc(C=c2sc3nc(-c4ccccc4OC(C)=O)nn3c2=O)ccc1OCc1ccccc1. The van der Waals surface area contributed by atoms with Gasteiger partial charge in [-0.2, -0.15) is 9.50 Å². The molecule has 0 saturated heterocycles. The smallest absolute Gasteiger partial charge is 0.308 e. The Balaban J connectivity index is 1.43. The molecule has 0 bridgehead atoms. The van der Waals surface area contributed by atoms with Gasteiger partial charge in [-0.3, -0.25) is 9.59 Å². The van der Waals surface area contributed by atoms with Crippen molar-refractivity contribution in [2.24, 2.45) is 0 Å². The van der Waals surface area contributed by atoms with Crippen molar-refractivity contribution >= 4 is 28.3 Å². The Bertz CT molecular complexity index is 1660. The molecule has 0 aliphatic heterocycles. The lowest BCUT2D eigenvalue weighted by Crippen LogP contribution is -2.23. The van der Waals surface area contributed by atoms with Gasteiger partial charge in [0.25, 0.3) is 5.56 Å². The third-order valence-corrected chi connectivity index (χ3v) is 6.25. The zero-order valence-electron chi connectivity index (χ0n) is 19.5. The number of benzene rings is 3. The predicted octanol–water partition coefficient (Wildman–Crippen LogP) is 3.88. The normalized spacial score (nSPS) is 11.6. The average Bonchev–Trinajstić information content (AvgIpc) is 3.42. The van der Waals surface area contributed by atoms with Crippen molar-refractivity contribution in [3.63, 3.8) is 0 Å². The predicted molar refractivity (Wildman–Crippen MR) is 136 cm³/mol. The highest BCUT2D eigenvalue weighted by Crippen LogP contribution is 2.30. The van der Waals surface area contributed by atoms with Crippen molar-refractivity contribution in [3.8, 4) is 28.6 Å². The highest BCUT2D eigenvalue weighted by Gasteiger charge is 2.16. The van der Waals surface area contributed by atoms with E-state index in [1.807, 2.05) is 48.5 Å². The molecule has 2 heterocycles. The van der Waals surface area contributed by atoms with E-state index < -0.39 is 5.97 Å². The first-order valence-corrected chi connectivity index (χ1v) is 11.9. The number of para-hydroxylation sites is 1. The molecule has 2 aromatic heterocycles. The number of aromatic nitrogens is 3. The summed E-state index contributed by atoms with van der Waals surface area (Å²) in [5.41, 5.74) is 2.07. The number of carbonyl (C=O) groups excluding carboxylic acids is 1. The number of methoxy groups -OCH3 is 1. The monoisotopic (exact) mass is 499 g/mol. The molecule has 0 fully saturated rings. The summed E-state index contributed by atoms with van der Waals surface area (Å²) in [6.45, 7) is 1.74. The molecule has 0 amide bonds. The van der Waals surface area contributed by atoms with Crippen molar-refractivity contribution in [1.29, 1.82) is 0 Å². The minimum Gasteiger partial charge on any atom is -0.493 e. The van der Waals surface area contributed by atoms with Crippen LogP contribution in [0.1, 0.15) is 18.1 Å². The molecule has 0 N–H and O–H groups in total. The maximum absolute atomic E-state index is 13.0. The topological polar surface area (TPSA) is 92.0 Å². The largest absolute Gasteiger partial charge is 0.493 e. The second-order valence-corrected chi connectivity index (χ2v) is 8.83. The molecule has 0 saturated carbocycles. The van der Waals surface area contributed by atoms with Crippen molar-refractivity contribution < 1.29 is 19.0 Å². The van der Waals surface area contributed by atoms with E-state index in [2.05, 4.69) is 10.1 Å². The Kier molecular flexibility index (Phi) is 6.46. The van der Waals surface area contributed by atoms with E-state index in [0.29, 0.717) is 44.7 Å². The molecule has 5 rings (SSSR count). The molecule has 0 unspecified atom stereocenters. The van der Waals surface area contributed by atoms with Crippen molar-refractivity contribution in [2.75, 3.05) is 7.11 Å².